The topological polar surface area (TPSA) is 16.4 Å². The third-order valence-electron chi connectivity index (χ3n) is 10.1. The molecule has 0 aliphatic heterocycles. The molecule has 52 heavy (non-hydrogen) atoms. The molecule has 0 aliphatic rings. The molecule has 0 bridgehead atoms. The molecule has 0 radical (unpaired) electrons. The van der Waals surface area contributed by atoms with Crippen molar-refractivity contribution in [2.45, 2.75) is 26.2 Å². The minimum atomic E-state index is -0.104. The zero-order valence-corrected chi connectivity index (χ0v) is 29.7. The Labute approximate surface area is 305 Å². The van der Waals surface area contributed by atoms with E-state index in [4.69, 9.17) is 4.42 Å². The van der Waals surface area contributed by atoms with Gasteiger partial charge >= 0.3 is 0 Å². The molecule has 0 fully saturated rings. The van der Waals surface area contributed by atoms with Crippen LogP contribution in [0, 0.1) is 0 Å². The molecule has 0 saturated heterocycles. The van der Waals surface area contributed by atoms with Gasteiger partial charge in [0.1, 0.15) is 11.3 Å². The predicted octanol–water partition coefficient (Wildman–Crippen LogP) is 14.5. The highest BCUT2D eigenvalue weighted by Gasteiger charge is 2.26. The molecular formula is C50H39NO. The third kappa shape index (κ3) is 5.73. The summed E-state index contributed by atoms with van der Waals surface area (Å²) in [5, 5.41) is 6.25. The number of anilines is 3. The third-order valence-corrected chi connectivity index (χ3v) is 10.1. The van der Waals surface area contributed by atoms with Crippen molar-refractivity contribution in [3.05, 3.63) is 188 Å². The van der Waals surface area contributed by atoms with E-state index < -0.39 is 0 Å². The summed E-state index contributed by atoms with van der Waals surface area (Å²) in [5.74, 6) is 0.924. The fourth-order valence-electron chi connectivity index (χ4n) is 7.68. The number of hydrogen-bond donors (Lipinski definition) is 0. The molecule has 0 aliphatic carbocycles. The zero-order chi connectivity index (χ0) is 35.2. The second-order valence-corrected chi connectivity index (χ2v) is 14.6. The van der Waals surface area contributed by atoms with Crippen LogP contribution in [0.15, 0.2) is 186 Å². The molecule has 1 heterocycles. The Balaban J connectivity index is 1.16. The normalized spacial score (nSPS) is 11.8. The molecule has 0 spiro atoms. The van der Waals surface area contributed by atoms with Gasteiger partial charge in [0.2, 0.25) is 0 Å². The number of para-hydroxylation sites is 1. The molecule has 8 aromatic carbocycles. The largest absolute Gasteiger partial charge is 0.456 e. The van der Waals surface area contributed by atoms with Crippen molar-refractivity contribution < 1.29 is 4.42 Å². The van der Waals surface area contributed by atoms with Crippen LogP contribution < -0.4 is 4.90 Å². The molecule has 1 aromatic heterocycles. The molecule has 0 atom stereocenters. The Morgan fingerprint density at radius 2 is 0.942 bits per heavy atom. The summed E-state index contributed by atoms with van der Waals surface area (Å²) < 4.78 is 6.64. The van der Waals surface area contributed by atoms with Crippen molar-refractivity contribution in [1.82, 2.24) is 0 Å². The van der Waals surface area contributed by atoms with Crippen molar-refractivity contribution in [1.29, 1.82) is 0 Å². The minimum Gasteiger partial charge on any atom is -0.456 e. The first kappa shape index (κ1) is 31.6. The Kier molecular flexibility index (Phi) is 7.74. The maximum Gasteiger partial charge on any atom is 0.139 e. The van der Waals surface area contributed by atoms with E-state index in [0.717, 1.165) is 34.0 Å². The highest BCUT2D eigenvalue weighted by atomic mass is 16.3. The van der Waals surface area contributed by atoms with Gasteiger partial charge in [-0.05, 0) is 97.7 Å². The van der Waals surface area contributed by atoms with E-state index >= 15 is 0 Å². The summed E-state index contributed by atoms with van der Waals surface area (Å²) >= 11 is 0. The van der Waals surface area contributed by atoms with Crippen LogP contribution in [0.5, 0.6) is 0 Å². The fraction of sp³-hybridized carbons (Fsp3) is 0.0800. The summed E-state index contributed by atoms with van der Waals surface area (Å²) in [5.41, 5.74) is 11.1. The molecule has 9 rings (SSSR count). The zero-order valence-electron chi connectivity index (χ0n) is 29.7. The lowest BCUT2D eigenvalue weighted by atomic mass is 9.83. The van der Waals surface area contributed by atoms with E-state index in [2.05, 4.69) is 202 Å². The number of furan rings is 1. The Bertz CT molecular complexity index is 2710. The van der Waals surface area contributed by atoms with Gasteiger partial charge < -0.3 is 9.32 Å². The first-order valence-corrected chi connectivity index (χ1v) is 18.0. The highest BCUT2D eigenvalue weighted by molar-refractivity contribution is 6.08. The quantitative estimate of drug-likeness (QED) is 0.164. The average Bonchev–Trinajstić information content (AvgIpc) is 3.60. The van der Waals surface area contributed by atoms with Crippen LogP contribution in [0.1, 0.15) is 26.3 Å². The molecule has 9 aromatic rings. The molecule has 2 heteroatoms. The van der Waals surface area contributed by atoms with Gasteiger partial charge in [0, 0.05) is 33.6 Å². The summed E-state index contributed by atoms with van der Waals surface area (Å²) in [6, 6.07) is 65.4. The smallest absolute Gasteiger partial charge is 0.139 e. The average molecular weight is 670 g/mol. The van der Waals surface area contributed by atoms with Gasteiger partial charge in [-0.15, -0.1) is 0 Å². The van der Waals surface area contributed by atoms with Crippen LogP contribution in [-0.2, 0) is 5.41 Å². The predicted molar refractivity (Wildman–Crippen MR) is 221 cm³/mol. The minimum absolute atomic E-state index is 0.104. The standard InChI is InChI=1S/C50H39NO/c1-50(2,3)48-46-21-9-10-22-47(46)52-49(48)40-17-12-19-43(33-40)51(42-18-11-16-37(32-42)34-13-5-4-6-14-34)41-28-25-35(26-29-41)38-27-30-45-39(31-38)24-23-36-15-7-8-20-44(36)45/h4-33H,1-3H3. The number of hydrogen-bond acceptors (Lipinski definition) is 2. The van der Waals surface area contributed by atoms with Gasteiger partial charge in [-0.1, -0.05) is 154 Å². The molecule has 250 valence electrons. The van der Waals surface area contributed by atoms with E-state index in [-0.39, 0.29) is 5.41 Å². The SMILES string of the molecule is CC(C)(C)c1c(-c2cccc(N(c3ccc(-c4ccc5c(ccc6ccccc65)c4)cc3)c3cccc(-c4ccccc4)c3)c2)oc2ccccc12. The first-order valence-electron chi connectivity index (χ1n) is 18.0. The van der Waals surface area contributed by atoms with Crippen LogP contribution in [-0.4, -0.2) is 0 Å². The molecule has 0 N–H and O–H groups in total. The Morgan fingerprint density at radius 3 is 1.71 bits per heavy atom. The maximum absolute atomic E-state index is 6.64. The van der Waals surface area contributed by atoms with E-state index in [0.29, 0.717) is 0 Å². The van der Waals surface area contributed by atoms with Crippen LogP contribution in [0.4, 0.5) is 17.1 Å². The van der Waals surface area contributed by atoms with E-state index in [1.807, 2.05) is 6.07 Å². The molecule has 0 saturated carbocycles. The van der Waals surface area contributed by atoms with Gasteiger partial charge in [0.15, 0.2) is 0 Å². The van der Waals surface area contributed by atoms with Crippen LogP contribution in [0.25, 0.3) is 66.1 Å². The van der Waals surface area contributed by atoms with E-state index in [1.54, 1.807) is 0 Å². The number of nitrogens with zero attached hydrogens (tertiary/aromatic N) is 1. The number of rotatable bonds is 6. The Morgan fingerprint density at radius 1 is 0.385 bits per heavy atom. The number of benzene rings is 8. The van der Waals surface area contributed by atoms with Gasteiger partial charge in [-0.25, -0.2) is 0 Å². The summed E-state index contributed by atoms with van der Waals surface area (Å²) in [6.07, 6.45) is 0. The molecule has 0 unspecified atom stereocenters. The van der Waals surface area contributed by atoms with Crippen LogP contribution >= 0.6 is 0 Å². The lowest BCUT2D eigenvalue weighted by Crippen LogP contribution is -2.12. The lowest BCUT2D eigenvalue weighted by molar-refractivity contribution is 0.568. The molecule has 2 nitrogen and oxygen atoms in total. The first-order chi connectivity index (χ1) is 25.4. The monoisotopic (exact) mass is 669 g/mol. The summed E-state index contributed by atoms with van der Waals surface area (Å²) in [4.78, 5) is 2.35. The van der Waals surface area contributed by atoms with Crippen molar-refractivity contribution in [3.8, 4) is 33.6 Å². The van der Waals surface area contributed by atoms with Crippen molar-refractivity contribution >= 4 is 49.6 Å². The lowest BCUT2D eigenvalue weighted by Gasteiger charge is -2.27. The van der Waals surface area contributed by atoms with E-state index in [9.17, 15) is 0 Å². The second kappa shape index (κ2) is 12.7. The Hall–Kier alpha value is -6.38. The summed E-state index contributed by atoms with van der Waals surface area (Å²) in [6.45, 7) is 6.79. The van der Waals surface area contributed by atoms with Crippen LogP contribution in [0.3, 0.4) is 0 Å². The second-order valence-electron chi connectivity index (χ2n) is 14.6. The summed E-state index contributed by atoms with van der Waals surface area (Å²) in [7, 11) is 0. The van der Waals surface area contributed by atoms with Gasteiger partial charge in [0.25, 0.3) is 0 Å². The van der Waals surface area contributed by atoms with Gasteiger partial charge in [-0.3, -0.25) is 0 Å². The van der Waals surface area contributed by atoms with Gasteiger partial charge in [0.05, 0.1) is 0 Å². The van der Waals surface area contributed by atoms with Crippen molar-refractivity contribution in [3.63, 3.8) is 0 Å². The van der Waals surface area contributed by atoms with Gasteiger partial charge in [-0.2, -0.15) is 0 Å². The van der Waals surface area contributed by atoms with E-state index in [1.165, 1.54) is 54.7 Å². The highest BCUT2D eigenvalue weighted by Crippen LogP contribution is 2.44. The maximum atomic E-state index is 6.64. The van der Waals surface area contributed by atoms with Crippen molar-refractivity contribution in [2.24, 2.45) is 0 Å². The molecular weight excluding hydrogens is 631 g/mol. The fourth-order valence-corrected chi connectivity index (χ4v) is 7.68. The number of fused-ring (bicyclic) bond motifs is 4. The van der Waals surface area contributed by atoms with Crippen LogP contribution in [0.2, 0.25) is 0 Å². The van der Waals surface area contributed by atoms with Crippen molar-refractivity contribution in [2.75, 3.05) is 4.90 Å². The molecule has 0 amide bonds.